The summed E-state index contributed by atoms with van der Waals surface area (Å²) in [4.78, 5) is 34.0. The summed E-state index contributed by atoms with van der Waals surface area (Å²) in [6.45, 7) is 3.47. The minimum Gasteiger partial charge on any atom is -0.488 e. The lowest BCUT2D eigenvalue weighted by atomic mass is 10.0. The van der Waals surface area contributed by atoms with Gasteiger partial charge in [-0.1, -0.05) is 18.2 Å². The molecular weight excluding hydrogens is 432 g/mol. The zero-order valence-corrected chi connectivity index (χ0v) is 19.4. The molecule has 0 saturated heterocycles. The molecule has 34 heavy (non-hydrogen) atoms. The van der Waals surface area contributed by atoms with E-state index in [2.05, 4.69) is 20.6 Å². The highest BCUT2D eigenvalue weighted by Crippen LogP contribution is 2.25. The molecule has 1 aliphatic rings. The van der Waals surface area contributed by atoms with Crippen molar-refractivity contribution in [2.45, 2.75) is 45.1 Å². The number of benzene rings is 1. The third kappa shape index (κ3) is 6.21. The number of para-hydroxylation sites is 1. The first-order chi connectivity index (χ1) is 16.6. The number of fused-ring (bicyclic) bond motifs is 2. The number of aromatic nitrogens is 2. The van der Waals surface area contributed by atoms with Gasteiger partial charge < -0.3 is 20.1 Å². The zero-order valence-electron chi connectivity index (χ0n) is 19.4. The van der Waals surface area contributed by atoms with Crippen molar-refractivity contribution >= 4 is 28.6 Å². The summed E-state index contributed by atoms with van der Waals surface area (Å²) in [6, 6.07) is 13.1. The van der Waals surface area contributed by atoms with Crippen molar-refractivity contribution in [3.05, 3.63) is 59.9 Å². The molecule has 0 fully saturated rings. The van der Waals surface area contributed by atoms with Gasteiger partial charge in [-0.2, -0.15) is 0 Å². The number of hydrogen-bond donors (Lipinski definition) is 2. The fraction of sp³-hybridized carbons (Fsp3) is 0.385. The molecular formula is C26H30N4O4. The summed E-state index contributed by atoms with van der Waals surface area (Å²) in [6.07, 6.45) is 4.48. The molecule has 8 heteroatoms. The first-order valence-corrected chi connectivity index (χ1v) is 11.8. The zero-order chi connectivity index (χ0) is 23.8. The number of carbonyl (C=O) groups excluding carboxylic acids is 2. The standard InChI is InChI=1S/C26H30N4O4/c1-2-33-25(32)16-22(19-15-18-7-3-5-9-21(18)28-17-19)30-24(31)10-6-4-8-20-11-12-23-26(29-20)27-13-14-34-23/h3,5,7,9,11-12,15,17,22H,2,4,6,8,10,13-14,16H2,1H3,(H,27,29)(H,30,31). The lowest BCUT2D eigenvalue weighted by Gasteiger charge is -2.19. The Kier molecular flexibility index (Phi) is 7.91. The number of amides is 1. The van der Waals surface area contributed by atoms with Crippen molar-refractivity contribution in [2.75, 3.05) is 25.1 Å². The molecule has 0 aliphatic carbocycles. The van der Waals surface area contributed by atoms with E-state index < -0.39 is 6.04 Å². The van der Waals surface area contributed by atoms with Gasteiger partial charge in [-0.25, -0.2) is 4.98 Å². The Hall–Kier alpha value is -3.68. The van der Waals surface area contributed by atoms with Crippen LogP contribution in [0.3, 0.4) is 0 Å². The number of carbonyl (C=O) groups is 2. The second kappa shape index (κ2) is 11.4. The second-order valence-corrected chi connectivity index (χ2v) is 8.22. The van der Waals surface area contributed by atoms with Crippen LogP contribution in [0.1, 0.15) is 49.9 Å². The van der Waals surface area contributed by atoms with Crippen LogP contribution >= 0.6 is 0 Å². The van der Waals surface area contributed by atoms with E-state index >= 15 is 0 Å². The lowest BCUT2D eigenvalue weighted by molar-refractivity contribution is -0.143. The number of aryl methyl sites for hydroxylation is 1. The molecule has 3 aromatic rings. The van der Waals surface area contributed by atoms with Gasteiger partial charge in [0, 0.05) is 23.7 Å². The molecule has 8 nitrogen and oxygen atoms in total. The number of pyridine rings is 2. The van der Waals surface area contributed by atoms with Crippen LogP contribution in [0.25, 0.3) is 10.9 Å². The third-order valence-corrected chi connectivity index (χ3v) is 5.68. The van der Waals surface area contributed by atoms with Crippen LogP contribution in [0, 0.1) is 0 Å². The Morgan fingerprint density at radius 1 is 1.21 bits per heavy atom. The molecule has 1 amide bonds. The summed E-state index contributed by atoms with van der Waals surface area (Å²) in [7, 11) is 0. The van der Waals surface area contributed by atoms with Gasteiger partial charge in [-0.05, 0) is 56.0 Å². The SMILES string of the molecule is CCOC(=O)CC(NC(=O)CCCCc1ccc2c(n1)NCCO2)c1cnc2ccccc2c1. The number of esters is 1. The van der Waals surface area contributed by atoms with E-state index in [0.717, 1.165) is 59.5 Å². The first-order valence-electron chi connectivity index (χ1n) is 11.8. The summed E-state index contributed by atoms with van der Waals surface area (Å²) < 4.78 is 10.7. The van der Waals surface area contributed by atoms with Crippen LogP contribution < -0.4 is 15.4 Å². The molecule has 0 spiro atoms. The monoisotopic (exact) mass is 462 g/mol. The second-order valence-electron chi connectivity index (χ2n) is 8.22. The largest absolute Gasteiger partial charge is 0.488 e. The molecule has 0 radical (unpaired) electrons. The highest BCUT2D eigenvalue weighted by atomic mass is 16.5. The highest BCUT2D eigenvalue weighted by molar-refractivity contribution is 5.81. The molecule has 1 aliphatic heterocycles. The fourth-order valence-electron chi connectivity index (χ4n) is 3.98. The number of nitrogens with one attached hydrogen (secondary N) is 2. The van der Waals surface area contributed by atoms with Crippen LogP contribution in [0.5, 0.6) is 5.75 Å². The molecule has 1 unspecified atom stereocenters. The van der Waals surface area contributed by atoms with Gasteiger partial charge in [0.1, 0.15) is 6.61 Å². The molecule has 1 aromatic carbocycles. The maximum Gasteiger partial charge on any atom is 0.308 e. The molecule has 4 rings (SSSR count). The van der Waals surface area contributed by atoms with E-state index in [1.54, 1.807) is 13.1 Å². The molecule has 0 bridgehead atoms. The van der Waals surface area contributed by atoms with E-state index in [1.807, 2.05) is 42.5 Å². The Morgan fingerprint density at radius 2 is 2.09 bits per heavy atom. The average Bonchev–Trinajstić information content (AvgIpc) is 2.86. The van der Waals surface area contributed by atoms with Gasteiger partial charge in [0.15, 0.2) is 11.6 Å². The Morgan fingerprint density at radius 3 is 2.97 bits per heavy atom. The third-order valence-electron chi connectivity index (χ3n) is 5.68. The van der Waals surface area contributed by atoms with Gasteiger partial charge in [-0.15, -0.1) is 0 Å². The minimum atomic E-state index is -0.489. The van der Waals surface area contributed by atoms with E-state index in [4.69, 9.17) is 9.47 Å². The molecule has 0 saturated carbocycles. The predicted molar refractivity (Wildman–Crippen MR) is 130 cm³/mol. The Balaban J connectivity index is 1.33. The Bertz CT molecular complexity index is 1150. The van der Waals surface area contributed by atoms with Crippen molar-refractivity contribution < 1.29 is 19.1 Å². The van der Waals surface area contributed by atoms with Crippen LogP contribution in [0.2, 0.25) is 0 Å². The normalized spacial score (nSPS) is 13.3. The van der Waals surface area contributed by atoms with Crippen LogP contribution in [-0.4, -0.2) is 41.6 Å². The van der Waals surface area contributed by atoms with E-state index in [0.29, 0.717) is 19.6 Å². The number of hydrogen-bond acceptors (Lipinski definition) is 7. The number of anilines is 1. The van der Waals surface area contributed by atoms with E-state index in [-0.39, 0.29) is 18.3 Å². The van der Waals surface area contributed by atoms with Crippen molar-refractivity contribution in [1.29, 1.82) is 0 Å². The maximum atomic E-state index is 12.7. The van der Waals surface area contributed by atoms with Crippen molar-refractivity contribution in [2.24, 2.45) is 0 Å². The predicted octanol–water partition coefficient (Wildman–Crippen LogP) is 3.96. The molecule has 1 atom stereocenters. The molecule has 3 heterocycles. The maximum absolute atomic E-state index is 12.7. The van der Waals surface area contributed by atoms with Gasteiger partial charge in [0.05, 0.1) is 31.1 Å². The first kappa shape index (κ1) is 23.5. The minimum absolute atomic E-state index is 0.0632. The van der Waals surface area contributed by atoms with Gasteiger partial charge >= 0.3 is 5.97 Å². The lowest BCUT2D eigenvalue weighted by Crippen LogP contribution is -2.30. The van der Waals surface area contributed by atoms with E-state index in [9.17, 15) is 9.59 Å². The van der Waals surface area contributed by atoms with Crippen LogP contribution in [0.15, 0.2) is 48.7 Å². The van der Waals surface area contributed by atoms with Crippen molar-refractivity contribution in [1.82, 2.24) is 15.3 Å². The smallest absolute Gasteiger partial charge is 0.308 e. The molecule has 178 valence electrons. The van der Waals surface area contributed by atoms with Crippen LogP contribution in [0.4, 0.5) is 5.82 Å². The topological polar surface area (TPSA) is 102 Å². The van der Waals surface area contributed by atoms with Crippen LogP contribution in [-0.2, 0) is 20.7 Å². The average molecular weight is 463 g/mol. The van der Waals surface area contributed by atoms with Crippen molar-refractivity contribution in [3.8, 4) is 5.75 Å². The Labute approximate surface area is 199 Å². The number of unbranched alkanes of at least 4 members (excludes halogenated alkanes) is 1. The molecule has 2 aromatic heterocycles. The highest BCUT2D eigenvalue weighted by Gasteiger charge is 2.20. The van der Waals surface area contributed by atoms with Gasteiger partial charge in [0.25, 0.3) is 0 Å². The van der Waals surface area contributed by atoms with Gasteiger partial charge in [-0.3, -0.25) is 14.6 Å². The number of nitrogens with zero attached hydrogens (tertiary/aromatic N) is 2. The summed E-state index contributed by atoms with van der Waals surface area (Å²) in [5, 5.41) is 7.21. The summed E-state index contributed by atoms with van der Waals surface area (Å²) in [5.41, 5.74) is 2.62. The molecule has 2 N–H and O–H groups in total. The summed E-state index contributed by atoms with van der Waals surface area (Å²) in [5.74, 6) is 1.12. The van der Waals surface area contributed by atoms with Gasteiger partial charge in [0.2, 0.25) is 5.91 Å². The van der Waals surface area contributed by atoms with Crippen molar-refractivity contribution in [3.63, 3.8) is 0 Å². The fourth-order valence-corrected chi connectivity index (χ4v) is 3.98. The number of ether oxygens (including phenoxy) is 2. The quantitative estimate of drug-likeness (QED) is 0.347. The summed E-state index contributed by atoms with van der Waals surface area (Å²) >= 11 is 0. The number of rotatable bonds is 10. The van der Waals surface area contributed by atoms with E-state index in [1.165, 1.54) is 0 Å².